The largest absolute Gasteiger partial charge is 0.497 e. The highest BCUT2D eigenvalue weighted by Crippen LogP contribution is 2.30. The Morgan fingerprint density at radius 2 is 2.11 bits per heavy atom. The van der Waals surface area contributed by atoms with Gasteiger partial charge >= 0.3 is 5.97 Å². The number of piperidine rings is 1. The summed E-state index contributed by atoms with van der Waals surface area (Å²) in [5.41, 5.74) is 2.80. The number of carboxylic acids is 1. The molecule has 2 heterocycles. The first-order valence-electron chi connectivity index (χ1n) is 9.20. The van der Waals surface area contributed by atoms with Crippen LogP contribution in [0.25, 0.3) is 0 Å². The van der Waals surface area contributed by atoms with E-state index in [1.165, 1.54) is 0 Å². The Morgan fingerprint density at radius 3 is 2.70 bits per heavy atom. The number of aromatic nitrogens is 1. The van der Waals surface area contributed by atoms with Crippen LogP contribution in [-0.2, 0) is 16.1 Å². The van der Waals surface area contributed by atoms with E-state index >= 15 is 0 Å². The van der Waals surface area contributed by atoms with Crippen LogP contribution in [0.15, 0.2) is 42.7 Å². The summed E-state index contributed by atoms with van der Waals surface area (Å²) in [7, 11) is 1.61. The van der Waals surface area contributed by atoms with E-state index in [0.29, 0.717) is 19.7 Å². The Morgan fingerprint density at radius 1 is 1.33 bits per heavy atom. The second-order valence-corrected chi connectivity index (χ2v) is 6.87. The lowest BCUT2D eigenvalue weighted by Crippen LogP contribution is -2.42. The number of pyridine rings is 1. The summed E-state index contributed by atoms with van der Waals surface area (Å²) in [6.45, 7) is 3.86. The molecule has 2 aromatic rings. The van der Waals surface area contributed by atoms with Crippen LogP contribution in [0.3, 0.4) is 0 Å². The average Bonchev–Trinajstić information content (AvgIpc) is 2.69. The van der Waals surface area contributed by atoms with Crippen molar-refractivity contribution < 1.29 is 19.4 Å². The second kappa shape index (κ2) is 8.97. The van der Waals surface area contributed by atoms with Gasteiger partial charge < -0.3 is 14.6 Å². The number of nitrogens with zero attached hydrogens (tertiary/aromatic N) is 2. The molecule has 1 aliphatic heterocycles. The lowest BCUT2D eigenvalue weighted by atomic mass is 9.97. The summed E-state index contributed by atoms with van der Waals surface area (Å²) < 4.78 is 11.2. The number of carbonyl (C=O) groups is 1. The normalized spacial score (nSPS) is 16.8. The minimum atomic E-state index is -0.821. The molecule has 0 amide bonds. The van der Waals surface area contributed by atoms with Gasteiger partial charge in [0.25, 0.3) is 0 Å². The fourth-order valence-corrected chi connectivity index (χ4v) is 3.57. The lowest BCUT2D eigenvalue weighted by molar-refractivity contribution is -0.145. The van der Waals surface area contributed by atoms with Gasteiger partial charge in [-0.25, -0.2) is 0 Å². The predicted molar refractivity (Wildman–Crippen MR) is 102 cm³/mol. The van der Waals surface area contributed by atoms with Gasteiger partial charge in [0.2, 0.25) is 0 Å². The standard InChI is InChI=1S/C21H26N2O4/c1-15-12-18(26-2)5-6-19(15)20(21(24)25)23-10-7-17(8-11-23)27-14-16-4-3-9-22-13-16/h3-6,9,12-13,17,20H,7-8,10-11,14H2,1-2H3,(H,24,25)/t20-/m0/s1. The van der Waals surface area contributed by atoms with Gasteiger partial charge in [0.15, 0.2) is 0 Å². The molecule has 0 radical (unpaired) electrons. The molecule has 1 aromatic heterocycles. The molecule has 0 bridgehead atoms. The minimum Gasteiger partial charge on any atom is -0.497 e. The zero-order valence-electron chi connectivity index (χ0n) is 15.8. The molecular weight excluding hydrogens is 344 g/mol. The number of methoxy groups -OCH3 is 1. The van der Waals surface area contributed by atoms with Crippen molar-refractivity contribution in [2.75, 3.05) is 20.2 Å². The summed E-state index contributed by atoms with van der Waals surface area (Å²) in [6, 6.07) is 8.81. The van der Waals surface area contributed by atoms with E-state index in [-0.39, 0.29) is 6.10 Å². The average molecular weight is 370 g/mol. The minimum absolute atomic E-state index is 0.146. The summed E-state index contributed by atoms with van der Waals surface area (Å²) in [5.74, 6) is -0.0825. The van der Waals surface area contributed by atoms with Crippen LogP contribution >= 0.6 is 0 Å². The molecule has 1 aliphatic rings. The quantitative estimate of drug-likeness (QED) is 0.807. The number of rotatable bonds is 7. The number of hydrogen-bond acceptors (Lipinski definition) is 5. The Bertz CT molecular complexity index is 758. The maximum atomic E-state index is 12.0. The van der Waals surface area contributed by atoms with Gasteiger partial charge in [0, 0.05) is 25.5 Å². The van der Waals surface area contributed by atoms with Crippen LogP contribution in [0.1, 0.15) is 35.6 Å². The Kier molecular flexibility index (Phi) is 6.42. The number of hydrogen-bond donors (Lipinski definition) is 1. The highest BCUT2D eigenvalue weighted by atomic mass is 16.5. The van der Waals surface area contributed by atoms with E-state index in [4.69, 9.17) is 9.47 Å². The Balaban J connectivity index is 1.61. The summed E-state index contributed by atoms with van der Waals surface area (Å²) in [6.07, 6.45) is 5.34. The smallest absolute Gasteiger partial charge is 0.325 e. The predicted octanol–water partition coefficient (Wildman–Crippen LogP) is 3.21. The SMILES string of the molecule is COc1ccc([C@@H](C(=O)O)N2CCC(OCc3cccnc3)CC2)c(C)c1. The van der Waals surface area contributed by atoms with E-state index in [2.05, 4.69) is 4.98 Å². The number of carboxylic acid groups (broad SMARTS) is 1. The van der Waals surface area contributed by atoms with E-state index in [1.54, 1.807) is 13.3 Å². The topological polar surface area (TPSA) is 71.9 Å². The third-order valence-corrected chi connectivity index (χ3v) is 5.06. The van der Waals surface area contributed by atoms with Gasteiger partial charge in [-0.3, -0.25) is 14.7 Å². The Labute approximate surface area is 159 Å². The number of aliphatic carboxylic acids is 1. The first kappa shape index (κ1) is 19.3. The molecule has 0 aliphatic carbocycles. The molecule has 6 heteroatoms. The molecule has 0 saturated carbocycles. The van der Waals surface area contributed by atoms with Crippen LogP contribution in [0.2, 0.25) is 0 Å². The third-order valence-electron chi connectivity index (χ3n) is 5.06. The molecule has 0 spiro atoms. The molecule has 3 rings (SSSR count). The monoisotopic (exact) mass is 370 g/mol. The first-order chi connectivity index (χ1) is 13.1. The first-order valence-corrected chi connectivity index (χ1v) is 9.20. The molecule has 1 saturated heterocycles. The Hall–Kier alpha value is -2.44. The third kappa shape index (κ3) is 4.84. The zero-order chi connectivity index (χ0) is 19.2. The summed E-state index contributed by atoms with van der Waals surface area (Å²) in [5, 5.41) is 9.84. The molecule has 1 N–H and O–H groups in total. The van der Waals surface area contributed by atoms with Gasteiger partial charge in [-0.05, 0) is 54.7 Å². The van der Waals surface area contributed by atoms with E-state index in [9.17, 15) is 9.90 Å². The van der Waals surface area contributed by atoms with Gasteiger partial charge in [0.1, 0.15) is 11.8 Å². The molecule has 6 nitrogen and oxygen atoms in total. The van der Waals surface area contributed by atoms with Crippen molar-refractivity contribution in [3.63, 3.8) is 0 Å². The molecule has 1 fully saturated rings. The zero-order valence-corrected chi connectivity index (χ0v) is 15.8. The van der Waals surface area contributed by atoms with Crippen LogP contribution in [0.4, 0.5) is 0 Å². The van der Waals surface area contributed by atoms with Crippen LogP contribution in [0.5, 0.6) is 5.75 Å². The van der Waals surface area contributed by atoms with E-state index in [0.717, 1.165) is 35.3 Å². The van der Waals surface area contributed by atoms with Crippen molar-refractivity contribution in [1.82, 2.24) is 9.88 Å². The van der Waals surface area contributed by atoms with Crippen LogP contribution in [-0.4, -0.2) is 47.3 Å². The van der Waals surface area contributed by atoms with Crippen molar-refractivity contribution in [1.29, 1.82) is 0 Å². The number of ether oxygens (including phenoxy) is 2. The van der Waals surface area contributed by atoms with Crippen molar-refractivity contribution in [3.8, 4) is 5.75 Å². The van der Waals surface area contributed by atoms with Gasteiger partial charge in [0.05, 0.1) is 19.8 Å². The molecule has 1 atom stereocenters. The molecule has 0 unspecified atom stereocenters. The molecule has 27 heavy (non-hydrogen) atoms. The highest BCUT2D eigenvalue weighted by Gasteiger charge is 2.32. The van der Waals surface area contributed by atoms with Crippen molar-refractivity contribution in [3.05, 3.63) is 59.4 Å². The highest BCUT2D eigenvalue weighted by molar-refractivity contribution is 5.76. The van der Waals surface area contributed by atoms with E-state index in [1.807, 2.05) is 48.4 Å². The summed E-state index contributed by atoms with van der Waals surface area (Å²) >= 11 is 0. The fourth-order valence-electron chi connectivity index (χ4n) is 3.57. The van der Waals surface area contributed by atoms with Crippen LogP contribution < -0.4 is 4.74 Å². The number of aryl methyl sites for hydroxylation is 1. The van der Waals surface area contributed by atoms with Crippen molar-refractivity contribution in [2.45, 2.75) is 38.5 Å². The van der Waals surface area contributed by atoms with Gasteiger partial charge in [-0.1, -0.05) is 12.1 Å². The van der Waals surface area contributed by atoms with Gasteiger partial charge in [-0.15, -0.1) is 0 Å². The maximum absolute atomic E-state index is 12.0. The molecule has 1 aromatic carbocycles. The van der Waals surface area contributed by atoms with Crippen molar-refractivity contribution >= 4 is 5.97 Å². The molecular formula is C21H26N2O4. The fraction of sp³-hybridized carbons (Fsp3) is 0.429. The second-order valence-electron chi connectivity index (χ2n) is 6.87. The van der Waals surface area contributed by atoms with E-state index < -0.39 is 12.0 Å². The van der Waals surface area contributed by atoms with Gasteiger partial charge in [-0.2, -0.15) is 0 Å². The number of benzene rings is 1. The van der Waals surface area contributed by atoms with Crippen LogP contribution in [0, 0.1) is 6.92 Å². The molecule has 144 valence electrons. The summed E-state index contributed by atoms with van der Waals surface area (Å²) in [4.78, 5) is 18.1. The number of likely N-dealkylation sites (tertiary alicyclic amines) is 1. The van der Waals surface area contributed by atoms with Crippen molar-refractivity contribution in [2.24, 2.45) is 0 Å². The lowest BCUT2D eigenvalue weighted by Gasteiger charge is -2.36. The maximum Gasteiger partial charge on any atom is 0.325 e.